The Balaban J connectivity index is 1.45. The average Bonchev–Trinajstić information content (AvgIpc) is 3.21. The van der Waals surface area contributed by atoms with Crippen molar-refractivity contribution < 1.29 is 19.7 Å². The number of fused-ring (bicyclic) bond motifs is 1. The fraction of sp³-hybridized carbons (Fsp3) is 0.280. The molecule has 2 heterocycles. The van der Waals surface area contributed by atoms with Crippen LogP contribution in [0.3, 0.4) is 0 Å². The van der Waals surface area contributed by atoms with E-state index in [4.69, 9.17) is 20.7 Å². The molecule has 4 N–H and O–H groups in total. The number of hydrogen-bond donors (Lipinski definition) is 3. The quantitative estimate of drug-likeness (QED) is 0.390. The van der Waals surface area contributed by atoms with Crippen LogP contribution in [0.4, 0.5) is 5.82 Å². The van der Waals surface area contributed by atoms with Crippen LogP contribution >= 0.6 is 0 Å². The molecule has 0 unspecified atom stereocenters. The number of carbonyl (C=O) groups is 1. The largest absolute Gasteiger partial charge is 0.481 e. The number of benzene rings is 2. The van der Waals surface area contributed by atoms with E-state index in [1.54, 1.807) is 0 Å². The van der Waals surface area contributed by atoms with Crippen LogP contribution in [-0.4, -0.2) is 41.5 Å². The number of aromatic nitrogens is 4. The number of rotatable bonds is 6. The Labute approximate surface area is 195 Å². The molecule has 1 aliphatic carbocycles. The van der Waals surface area contributed by atoms with Crippen molar-refractivity contribution in [3.8, 4) is 22.8 Å². The molecule has 0 amide bonds. The summed E-state index contributed by atoms with van der Waals surface area (Å²) in [4.78, 5) is 19.7. The second-order valence-corrected chi connectivity index (χ2v) is 8.72. The van der Waals surface area contributed by atoms with Crippen LogP contribution < -0.4 is 10.5 Å². The van der Waals surface area contributed by atoms with Crippen LogP contribution in [0.15, 0.2) is 60.9 Å². The number of aliphatic carboxylic acids is 1. The molecule has 1 aliphatic rings. The highest BCUT2D eigenvalue weighted by Crippen LogP contribution is 2.40. The summed E-state index contributed by atoms with van der Waals surface area (Å²) in [7, 11) is 0. The lowest BCUT2D eigenvalue weighted by Crippen LogP contribution is -2.37. The predicted molar refractivity (Wildman–Crippen MR) is 126 cm³/mol. The third kappa shape index (κ3) is 4.29. The SMILES string of the molecule is Nc1ncnc2c1c(-c1ccc(Oc3ccccc3)cc1)nn2C1CCC(O)(CC(=O)O)CC1. The van der Waals surface area contributed by atoms with Gasteiger partial charge in [-0.3, -0.25) is 4.79 Å². The van der Waals surface area contributed by atoms with Gasteiger partial charge in [0.1, 0.15) is 29.3 Å². The molecule has 2 aromatic heterocycles. The van der Waals surface area contributed by atoms with Gasteiger partial charge >= 0.3 is 5.97 Å². The summed E-state index contributed by atoms with van der Waals surface area (Å²) in [5.41, 5.74) is 7.20. The number of para-hydroxylation sites is 1. The molecule has 1 fully saturated rings. The molecule has 0 bridgehead atoms. The van der Waals surface area contributed by atoms with Gasteiger partial charge in [-0.05, 0) is 62.1 Å². The maximum atomic E-state index is 11.1. The number of aliphatic hydroxyl groups is 1. The molecular formula is C25H25N5O4. The molecule has 9 heteroatoms. The molecule has 5 rings (SSSR count). The maximum absolute atomic E-state index is 11.1. The minimum atomic E-state index is -1.18. The lowest BCUT2D eigenvalue weighted by atomic mass is 9.80. The zero-order chi connectivity index (χ0) is 23.7. The van der Waals surface area contributed by atoms with Crippen molar-refractivity contribution in [3.63, 3.8) is 0 Å². The van der Waals surface area contributed by atoms with Gasteiger partial charge in [-0.25, -0.2) is 14.6 Å². The molecule has 0 spiro atoms. The van der Waals surface area contributed by atoms with Gasteiger partial charge < -0.3 is 20.7 Å². The number of carboxylic acid groups (broad SMARTS) is 1. The van der Waals surface area contributed by atoms with Crippen LogP contribution in [0.2, 0.25) is 0 Å². The smallest absolute Gasteiger partial charge is 0.306 e. The molecule has 0 atom stereocenters. The minimum absolute atomic E-state index is 0.0275. The first-order valence-corrected chi connectivity index (χ1v) is 11.2. The van der Waals surface area contributed by atoms with Crippen LogP contribution in [0.1, 0.15) is 38.1 Å². The Kier molecular flexibility index (Phi) is 5.62. The van der Waals surface area contributed by atoms with Gasteiger partial charge in [0.25, 0.3) is 0 Å². The number of nitrogens with two attached hydrogens (primary N) is 1. The number of carboxylic acids is 1. The molecule has 0 saturated heterocycles. The number of hydrogen-bond acceptors (Lipinski definition) is 7. The van der Waals surface area contributed by atoms with Crippen molar-refractivity contribution in [2.75, 3.05) is 5.73 Å². The average molecular weight is 460 g/mol. The van der Waals surface area contributed by atoms with Crippen LogP contribution in [-0.2, 0) is 4.79 Å². The van der Waals surface area contributed by atoms with Gasteiger partial charge in [0.15, 0.2) is 5.65 Å². The minimum Gasteiger partial charge on any atom is -0.481 e. The van der Waals surface area contributed by atoms with Gasteiger partial charge in [0.2, 0.25) is 0 Å². The standard InChI is InChI=1S/C25H25N5O4/c26-23-21-22(16-6-8-19(9-7-16)34-18-4-2-1-3-5-18)29-30(24(21)28-15-27-23)17-10-12-25(33,13-11-17)14-20(31)32/h1-9,15,17,33H,10-14H2,(H,31,32)(H2,26,27,28). The molecule has 0 aliphatic heterocycles. The van der Waals surface area contributed by atoms with Gasteiger partial charge in [0, 0.05) is 5.56 Å². The maximum Gasteiger partial charge on any atom is 0.306 e. The summed E-state index contributed by atoms with van der Waals surface area (Å²) in [6.45, 7) is 0. The highest BCUT2D eigenvalue weighted by atomic mass is 16.5. The number of nitrogen functional groups attached to an aromatic ring is 1. The Hall–Kier alpha value is -3.98. The zero-order valence-electron chi connectivity index (χ0n) is 18.5. The monoisotopic (exact) mass is 459 g/mol. The van der Waals surface area contributed by atoms with Crippen molar-refractivity contribution in [2.24, 2.45) is 0 Å². The van der Waals surface area contributed by atoms with E-state index in [9.17, 15) is 9.90 Å². The summed E-state index contributed by atoms with van der Waals surface area (Å²) in [6, 6.07) is 17.1. The molecule has 1 saturated carbocycles. The molecular weight excluding hydrogens is 434 g/mol. The van der Waals surface area contributed by atoms with Gasteiger partial charge in [0.05, 0.1) is 23.4 Å². The third-order valence-electron chi connectivity index (χ3n) is 6.34. The van der Waals surface area contributed by atoms with Crippen LogP contribution in [0.5, 0.6) is 11.5 Å². The fourth-order valence-electron chi connectivity index (χ4n) is 4.60. The van der Waals surface area contributed by atoms with E-state index in [0.717, 1.165) is 11.3 Å². The fourth-order valence-corrected chi connectivity index (χ4v) is 4.60. The van der Waals surface area contributed by atoms with Crippen LogP contribution in [0.25, 0.3) is 22.3 Å². The van der Waals surface area contributed by atoms with E-state index in [2.05, 4.69) is 9.97 Å². The first-order chi connectivity index (χ1) is 16.4. The second-order valence-electron chi connectivity index (χ2n) is 8.72. The van der Waals surface area contributed by atoms with E-state index in [0.29, 0.717) is 54.0 Å². The van der Waals surface area contributed by atoms with Crippen molar-refractivity contribution in [2.45, 2.75) is 43.7 Å². The first kappa shape index (κ1) is 21.8. The molecule has 2 aromatic carbocycles. The molecule has 9 nitrogen and oxygen atoms in total. The lowest BCUT2D eigenvalue weighted by molar-refractivity contribution is -0.144. The van der Waals surface area contributed by atoms with Crippen molar-refractivity contribution in [3.05, 3.63) is 60.9 Å². The van der Waals surface area contributed by atoms with E-state index in [1.165, 1.54) is 6.33 Å². The van der Waals surface area contributed by atoms with Crippen molar-refractivity contribution in [1.29, 1.82) is 0 Å². The molecule has 0 radical (unpaired) electrons. The number of anilines is 1. The topological polar surface area (TPSA) is 136 Å². The predicted octanol–water partition coefficient (Wildman–Crippen LogP) is 4.19. The summed E-state index contributed by atoms with van der Waals surface area (Å²) in [5.74, 6) is 0.803. The Morgan fingerprint density at radius 2 is 1.74 bits per heavy atom. The number of nitrogens with zero attached hydrogens (tertiary/aromatic N) is 4. The van der Waals surface area contributed by atoms with Gasteiger partial charge in [-0.2, -0.15) is 5.10 Å². The van der Waals surface area contributed by atoms with Crippen molar-refractivity contribution >= 4 is 22.8 Å². The van der Waals surface area contributed by atoms with E-state index < -0.39 is 11.6 Å². The second kappa shape index (κ2) is 8.75. The number of ether oxygens (including phenoxy) is 1. The van der Waals surface area contributed by atoms with E-state index >= 15 is 0 Å². The molecule has 4 aromatic rings. The Morgan fingerprint density at radius 1 is 1.06 bits per heavy atom. The zero-order valence-corrected chi connectivity index (χ0v) is 18.5. The summed E-state index contributed by atoms with van der Waals surface area (Å²) < 4.78 is 7.73. The Morgan fingerprint density at radius 3 is 2.41 bits per heavy atom. The molecule has 174 valence electrons. The lowest BCUT2D eigenvalue weighted by Gasteiger charge is -2.35. The third-order valence-corrected chi connectivity index (χ3v) is 6.34. The van der Waals surface area contributed by atoms with Gasteiger partial charge in [-0.15, -0.1) is 0 Å². The highest BCUT2D eigenvalue weighted by molar-refractivity contribution is 5.98. The van der Waals surface area contributed by atoms with E-state index in [-0.39, 0.29) is 12.5 Å². The first-order valence-electron chi connectivity index (χ1n) is 11.2. The van der Waals surface area contributed by atoms with E-state index in [1.807, 2.05) is 59.3 Å². The normalized spacial score (nSPS) is 20.3. The summed E-state index contributed by atoms with van der Waals surface area (Å²) >= 11 is 0. The summed E-state index contributed by atoms with van der Waals surface area (Å²) in [6.07, 6.45) is 3.11. The molecule has 34 heavy (non-hydrogen) atoms. The van der Waals surface area contributed by atoms with Crippen molar-refractivity contribution in [1.82, 2.24) is 19.7 Å². The summed E-state index contributed by atoms with van der Waals surface area (Å²) in [5, 5.41) is 25.2. The Bertz CT molecular complexity index is 1310. The van der Waals surface area contributed by atoms with Gasteiger partial charge in [-0.1, -0.05) is 18.2 Å². The van der Waals surface area contributed by atoms with Crippen LogP contribution in [0, 0.1) is 0 Å². The highest BCUT2D eigenvalue weighted by Gasteiger charge is 2.37.